The number of para-hydroxylation sites is 1. The lowest BCUT2D eigenvalue weighted by atomic mass is 10.1. The Morgan fingerprint density at radius 2 is 1.74 bits per heavy atom. The molecule has 10 nitrogen and oxygen atoms in total. The minimum absolute atomic E-state index is 0.126. The Bertz CT molecular complexity index is 1590. The molecule has 0 bridgehead atoms. The second kappa shape index (κ2) is 13.5. The number of carboxylic acid groups (broad SMARTS) is 1. The van der Waals surface area contributed by atoms with E-state index >= 15 is 0 Å². The summed E-state index contributed by atoms with van der Waals surface area (Å²) in [6.07, 6.45) is 1.60. The lowest BCUT2D eigenvalue weighted by Gasteiger charge is -2.36. The van der Waals surface area contributed by atoms with Gasteiger partial charge in [0.05, 0.1) is 21.1 Å². The van der Waals surface area contributed by atoms with Crippen LogP contribution in [0, 0.1) is 3.57 Å². The van der Waals surface area contributed by atoms with Crippen molar-refractivity contribution < 1.29 is 33.8 Å². The quantitative estimate of drug-likeness (QED) is 0.243. The van der Waals surface area contributed by atoms with Crippen molar-refractivity contribution in [2.45, 2.75) is 6.61 Å². The summed E-state index contributed by atoms with van der Waals surface area (Å²) in [4.78, 5) is 55.3. The van der Waals surface area contributed by atoms with Gasteiger partial charge >= 0.3 is 5.97 Å². The van der Waals surface area contributed by atoms with E-state index in [1.165, 1.54) is 13.2 Å². The molecule has 3 aromatic rings. The first-order valence-corrected chi connectivity index (χ1v) is 15.3. The second-order valence-corrected chi connectivity index (χ2v) is 12.0. The molecule has 3 aromatic carbocycles. The van der Waals surface area contributed by atoms with E-state index in [9.17, 15) is 24.3 Å². The number of anilines is 1. The summed E-state index contributed by atoms with van der Waals surface area (Å²) in [5.41, 5.74) is 2.57. The third-order valence-electron chi connectivity index (χ3n) is 7.03. The number of rotatable bonds is 9. The van der Waals surface area contributed by atoms with Crippen LogP contribution in [-0.2, 0) is 16.2 Å². The van der Waals surface area contributed by atoms with Crippen molar-refractivity contribution in [3.8, 4) is 11.5 Å². The summed E-state index contributed by atoms with van der Waals surface area (Å²) in [6.45, 7) is 2.19. The molecule has 0 aromatic heterocycles. The first-order chi connectivity index (χ1) is 20.7. The molecule has 2 fully saturated rings. The summed E-state index contributed by atoms with van der Waals surface area (Å²) >= 11 is 2.88. The van der Waals surface area contributed by atoms with E-state index in [0.29, 0.717) is 52.4 Å². The number of nitrogens with zero attached hydrogens (tertiary/aromatic N) is 3. The van der Waals surface area contributed by atoms with Gasteiger partial charge in [-0.1, -0.05) is 30.3 Å². The Morgan fingerprint density at radius 1 is 1.00 bits per heavy atom. The Morgan fingerprint density at radius 3 is 2.44 bits per heavy atom. The molecular formula is C31H28IN3O7S. The fourth-order valence-corrected chi connectivity index (χ4v) is 6.41. The number of ether oxygens (including phenoxy) is 2. The van der Waals surface area contributed by atoms with Crippen molar-refractivity contribution in [3.05, 3.63) is 91.9 Å². The van der Waals surface area contributed by atoms with Gasteiger partial charge in [-0.15, -0.1) is 0 Å². The third-order valence-corrected chi connectivity index (χ3v) is 8.74. The van der Waals surface area contributed by atoms with Gasteiger partial charge in [0, 0.05) is 31.9 Å². The Labute approximate surface area is 266 Å². The molecule has 3 amide bonds. The van der Waals surface area contributed by atoms with Crippen molar-refractivity contribution in [2.75, 3.05) is 44.7 Å². The molecule has 0 radical (unpaired) electrons. The number of aromatic carboxylic acids is 1. The molecule has 2 heterocycles. The van der Waals surface area contributed by atoms with Gasteiger partial charge in [-0.2, -0.15) is 0 Å². The monoisotopic (exact) mass is 713 g/mol. The van der Waals surface area contributed by atoms with Gasteiger partial charge in [0.2, 0.25) is 5.91 Å². The predicted octanol–water partition coefficient (Wildman–Crippen LogP) is 4.96. The fraction of sp³-hybridized carbons (Fsp3) is 0.226. The van der Waals surface area contributed by atoms with E-state index in [-0.39, 0.29) is 29.5 Å². The number of methoxy groups -OCH3 is 1. The highest BCUT2D eigenvalue weighted by molar-refractivity contribution is 14.1. The molecule has 2 aliphatic heterocycles. The van der Waals surface area contributed by atoms with Crippen LogP contribution in [0.15, 0.2) is 71.6 Å². The highest BCUT2D eigenvalue weighted by Crippen LogP contribution is 2.37. The van der Waals surface area contributed by atoms with Crippen LogP contribution < -0.4 is 14.4 Å². The average Bonchev–Trinajstić information content (AvgIpc) is 3.27. The minimum atomic E-state index is -1.02. The SMILES string of the molecule is COc1cc(/C=C2/SC(=O)N(CC(=O)N3CCN(c4ccccc4)CC3)C2=O)cc(I)c1OCc1cccc(C(=O)O)c1. The highest BCUT2D eigenvalue weighted by atomic mass is 127. The Hall–Kier alpha value is -4.04. The Balaban J connectivity index is 1.23. The highest BCUT2D eigenvalue weighted by Gasteiger charge is 2.37. The van der Waals surface area contributed by atoms with Gasteiger partial charge in [-0.25, -0.2) is 4.79 Å². The maximum Gasteiger partial charge on any atom is 0.335 e. The van der Waals surface area contributed by atoms with Gasteiger partial charge in [0.1, 0.15) is 13.2 Å². The second-order valence-electron chi connectivity index (χ2n) is 9.80. The van der Waals surface area contributed by atoms with Crippen LogP contribution in [0.25, 0.3) is 6.08 Å². The molecule has 0 unspecified atom stereocenters. The number of carboxylic acids is 1. The molecule has 43 heavy (non-hydrogen) atoms. The number of amides is 3. The third kappa shape index (κ3) is 7.13. The van der Waals surface area contributed by atoms with E-state index in [0.717, 1.165) is 22.3 Å². The molecule has 0 saturated carbocycles. The largest absolute Gasteiger partial charge is 0.493 e. The summed E-state index contributed by atoms with van der Waals surface area (Å²) in [5.74, 6) is -0.917. The summed E-state index contributed by atoms with van der Waals surface area (Å²) in [5, 5.41) is 8.74. The summed E-state index contributed by atoms with van der Waals surface area (Å²) < 4.78 is 12.2. The smallest absolute Gasteiger partial charge is 0.335 e. The molecule has 2 aliphatic rings. The normalized spacial score (nSPS) is 16.1. The van der Waals surface area contributed by atoms with Gasteiger partial charge in [-0.05, 0) is 88.0 Å². The standard InChI is InChI=1S/C31H28IN3O7S/c1-41-25-16-21(15-24(32)28(25)42-19-20-6-5-7-22(14-20)30(38)39)17-26-29(37)35(31(40)43-26)18-27(36)34-12-10-33(11-13-34)23-8-3-2-4-9-23/h2-9,14-17H,10-13,18-19H2,1H3,(H,38,39)/b26-17+. The van der Waals surface area contributed by atoms with Gasteiger partial charge in [0.25, 0.3) is 11.1 Å². The van der Waals surface area contributed by atoms with Crippen LogP contribution in [0.3, 0.4) is 0 Å². The van der Waals surface area contributed by atoms with Crippen molar-refractivity contribution in [3.63, 3.8) is 0 Å². The van der Waals surface area contributed by atoms with E-state index in [1.54, 1.807) is 41.3 Å². The molecular weight excluding hydrogens is 685 g/mol. The van der Waals surface area contributed by atoms with Crippen LogP contribution in [-0.4, -0.2) is 77.8 Å². The van der Waals surface area contributed by atoms with Crippen LogP contribution >= 0.6 is 34.4 Å². The number of carbonyl (C=O) groups is 4. The molecule has 12 heteroatoms. The molecule has 2 saturated heterocycles. The zero-order chi connectivity index (χ0) is 30.5. The predicted molar refractivity (Wildman–Crippen MR) is 171 cm³/mol. The van der Waals surface area contributed by atoms with Crippen molar-refractivity contribution in [1.29, 1.82) is 0 Å². The molecule has 0 spiro atoms. The maximum atomic E-state index is 13.2. The number of piperazine rings is 1. The van der Waals surface area contributed by atoms with E-state index in [4.69, 9.17) is 9.47 Å². The fourth-order valence-electron chi connectivity index (χ4n) is 4.79. The first kappa shape index (κ1) is 30.4. The van der Waals surface area contributed by atoms with Crippen LogP contribution in [0.2, 0.25) is 0 Å². The van der Waals surface area contributed by atoms with E-state index in [1.807, 2.05) is 30.3 Å². The summed E-state index contributed by atoms with van der Waals surface area (Å²) in [6, 6.07) is 19.9. The maximum absolute atomic E-state index is 13.2. The summed E-state index contributed by atoms with van der Waals surface area (Å²) in [7, 11) is 1.49. The van der Waals surface area contributed by atoms with E-state index in [2.05, 4.69) is 27.5 Å². The van der Waals surface area contributed by atoms with Gasteiger partial charge in [0.15, 0.2) is 11.5 Å². The number of hydrogen-bond donors (Lipinski definition) is 1. The number of thioether (sulfide) groups is 1. The number of halogens is 1. The lowest BCUT2D eigenvalue weighted by molar-refractivity contribution is -0.136. The van der Waals surface area contributed by atoms with Crippen molar-refractivity contribution >= 4 is 69.1 Å². The molecule has 0 aliphatic carbocycles. The van der Waals surface area contributed by atoms with Gasteiger partial charge in [-0.3, -0.25) is 19.3 Å². The average molecular weight is 714 g/mol. The van der Waals surface area contributed by atoms with Gasteiger partial charge < -0.3 is 24.4 Å². The first-order valence-electron chi connectivity index (χ1n) is 13.4. The molecule has 222 valence electrons. The number of carbonyl (C=O) groups excluding carboxylic acids is 3. The molecule has 5 rings (SSSR count). The minimum Gasteiger partial charge on any atom is -0.493 e. The van der Waals surface area contributed by atoms with E-state index < -0.39 is 17.1 Å². The van der Waals surface area contributed by atoms with Crippen molar-refractivity contribution in [1.82, 2.24) is 9.80 Å². The van der Waals surface area contributed by atoms with Crippen LogP contribution in [0.1, 0.15) is 21.5 Å². The zero-order valence-corrected chi connectivity index (χ0v) is 26.2. The zero-order valence-electron chi connectivity index (χ0n) is 23.2. The van der Waals surface area contributed by atoms with Crippen molar-refractivity contribution in [2.24, 2.45) is 0 Å². The number of benzene rings is 3. The topological polar surface area (TPSA) is 117 Å². The van der Waals surface area contributed by atoms with Crippen LogP contribution in [0.4, 0.5) is 10.5 Å². The molecule has 0 atom stereocenters. The number of hydrogen-bond acceptors (Lipinski definition) is 8. The number of imide groups is 1. The lowest BCUT2D eigenvalue weighted by Crippen LogP contribution is -2.51. The van der Waals surface area contributed by atoms with Crippen LogP contribution in [0.5, 0.6) is 11.5 Å². The Kier molecular flexibility index (Phi) is 9.56. The molecule has 1 N–H and O–H groups in total.